The fourth-order valence-electron chi connectivity index (χ4n) is 3.55. The van der Waals surface area contributed by atoms with E-state index in [9.17, 15) is 4.79 Å². The Morgan fingerprint density at radius 2 is 2.14 bits per heavy atom. The van der Waals surface area contributed by atoms with Crippen molar-refractivity contribution >= 4 is 23.0 Å². The average Bonchev–Trinajstić information content (AvgIpc) is 3.09. The zero-order valence-corrected chi connectivity index (χ0v) is 16.9. The van der Waals surface area contributed by atoms with Crippen molar-refractivity contribution in [2.45, 2.75) is 40.0 Å². The van der Waals surface area contributed by atoms with Crippen LogP contribution in [-0.2, 0) is 12.8 Å². The number of allylic oxidation sites excluding steroid dienone is 2. The maximum Gasteiger partial charge on any atom is 0.253 e. The molecule has 0 bridgehead atoms. The molecule has 0 aliphatic carbocycles. The highest BCUT2D eigenvalue weighted by atomic mass is 16.1. The van der Waals surface area contributed by atoms with E-state index >= 15 is 0 Å². The number of nitrogen functional groups attached to an aromatic ring is 1. The number of H-pyrrole nitrogens is 1. The molecule has 5 heteroatoms. The second kappa shape index (κ2) is 8.30. The van der Waals surface area contributed by atoms with Crippen LogP contribution in [0.4, 0.5) is 5.69 Å². The number of anilines is 1. The number of hydrogen-bond acceptors (Lipinski definition) is 3. The predicted molar refractivity (Wildman–Crippen MR) is 117 cm³/mol. The molecule has 0 spiro atoms. The molecule has 0 fully saturated rings. The number of benzene rings is 1. The third kappa shape index (κ3) is 3.93. The summed E-state index contributed by atoms with van der Waals surface area (Å²) in [5.41, 5.74) is 14.0. The van der Waals surface area contributed by atoms with Gasteiger partial charge < -0.3 is 16.0 Å². The van der Waals surface area contributed by atoms with E-state index in [1.165, 1.54) is 11.1 Å². The van der Waals surface area contributed by atoms with Gasteiger partial charge in [0, 0.05) is 29.9 Å². The van der Waals surface area contributed by atoms with Crippen LogP contribution in [0.15, 0.2) is 41.9 Å². The van der Waals surface area contributed by atoms with E-state index in [-0.39, 0.29) is 5.91 Å². The van der Waals surface area contributed by atoms with Crippen molar-refractivity contribution in [1.82, 2.24) is 10.3 Å². The SMILES string of the molecule is C=C(N=C(/C=C\C)c1cc2c([nH]1)CCNC2=O)c1cc(CCC)c(C)cc1N. The van der Waals surface area contributed by atoms with E-state index in [1.807, 2.05) is 31.2 Å². The number of rotatable bonds is 6. The minimum atomic E-state index is -0.0469. The normalized spacial score (nSPS) is 14.2. The van der Waals surface area contributed by atoms with Crippen molar-refractivity contribution in [3.05, 3.63) is 70.6 Å². The molecule has 4 N–H and O–H groups in total. The van der Waals surface area contributed by atoms with Gasteiger partial charge in [-0.1, -0.05) is 26.0 Å². The Morgan fingerprint density at radius 1 is 1.36 bits per heavy atom. The van der Waals surface area contributed by atoms with E-state index < -0.39 is 0 Å². The zero-order chi connectivity index (χ0) is 20.3. The molecule has 0 saturated heterocycles. The zero-order valence-electron chi connectivity index (χ0n) is 16.9. The van der Waals surface area contributed by atoms with Crippen LogP contribution in [0.5, 0.6) is 0 Å². The molecule has 2 aromatic rings. The van der Waals surface area contributed by atoms with Crippen molar-refractivity contribution in [3.8, 4) is 0 Å². The molecule has 1 amide bonds. The van der Waals surface area contributed by atoms with Crippen molar-refractivity contribution in [2.24, 2.45) is 4.99 Å². The van der Waals surface area contributed by atoms with Crippen LogP contribution >= 0.6 is 0 Å². The molecule has 1 aromatic carbocycles. The van der Waals surface area contributed by atoms with E-state index in [1.54, 1.807) is 0 Å². The van der Waals surface area contributed by atoms with Crippen LogP contribution in [0, 0.1) is 6.92 Å². The maximum absolute atomic E-state index is 12.1. The molecule has 5 nitrogen and oxygen atoms in total. The predicted octanol–water partition coefficient (Wildman–Crippen LogP) is 4.18. The summed E-state index contributed by atoms with van der Waals surface area (Å²) >= 11 is 0. The molecule has 28 heavy (non-hydrogen) atoms. The minimum absolute atomic E-state index is 0.0469. The third-order valence-electron chi connectivity index (χ3n) is 5.00. The molecular formula is C23H28N4O. The Labute approximate surface area is 166 Å². The number of fused-ring (bicyclic) bond motifs is 1. The van der Waals surface area contributed by atoms with Gasteiger partial charge in [-0.3, -0.25) is 4.79 Å². The van der Waals surface area contributed by atoms with Crippen LogP contribution in [0.3, 0.4) is 0 Å². The van der Waals surface area contributed by atoms with E-state index in [2.05, 4.69) is 36.8 Å². The average molecular weight is 377 g/mol. The first-order valence-corrected chi connectivity index (χ1v) is 9.74. The van der Waals surface area contributed by atoms with Crippen LogP contribution in [0.25, 0.3) is 5.70 Å². The lowest BCUT2D eigenvalue weighted by Crippen LogP contribution is -2.31. The van der Waals surface area contributed by atoms with Gasteiger partial charge in [0.25, 0.3) is 5.91 Å². The number of aromatic amines is 1. The molecule has 0 radical (unpaired) electrons. The van der Waals surface area contributed by atoms with Gasteiger partial charge in [0.2, 0.25) is 0 Å². The fraction of sp³-hybridized carbons (Fsp3) is 0.304. The highest BCUT2D eigenvalue weighted by molar-refractivity contribution is 6.11. The second-order valence-electron chi connectivity index (χ2n) is 7.14. The van der Waals surface area contributed by atoms with Gasteiger partial charge in [-0.05, 0) is 55.7 Å². The molecule has 1 aliphatic heterocycles. The smallest absolute Gasteiger partial charge is 0.253 e. The first-order valence-electron chi connectivity index (χ1n) is 9.74. The number of nitrogens with two attached hydrogens (primary N) is 1. The summed E-state index contributed by atoms with van der Waals surface area (Å²) in [6.45, 7) is 11.0. The van der Waals surface area contributed by atoms with Crippen molar-refractivity contribution in [3.63, 3.8) is 0 Å². The summed E-state index contributed by atoms with van der Waals surface area (Å²) in [4.78, 5) is 20.2. The number of carbonyl (C=O) groups is 1. The number of hydrogen-bond donors (Lipinski definition) is 3. The Balaban J connectivity index is 2.00. The van der Waals surface area contributed by atoms with Crippen molar-refractivity contribution in [2.75, 3.05) is 12.3 Å². The first-order chi connectivity index (χ1) is 13.4. The lowest BCUT2D eigenvalue weighted by molar-refractivity contribution is 0.0946. The summed E-state index contributed by atoms with van der Waals surface area (Å²) in [6.07, 6.45) is 6.69. The summed E-state index contributed by atoms with van der Waals surface area (Å²) in [6, 6.07) is 5.95. The summed E-state index contributed by atoms with van der Waals surface area (Å²) in [5.74, 6) is -0.0469. The molecule has 146 valence electrons. The monoisotopic (exact) mass is 376 g/mol. The lowest BCUT2D eigenvalue weighted by atomic mass is 9.98. The summed E-state index contributed by atoms with van der Waals surface area (Å²) in [5, 5.41) is 2.87. The highest BCUT2D eigenvalue weighted by Crippen LogP contribution is 2.27. The molecule has 0 saturated carbocycles. The molecular weight excluding hydrogens is 348 g/mol. The number of nitrogens with zero attached hydrogens (tertiary/aromatic N) is 1. The van der Waals surface area contributed by atoms with Gasteiger partial charge in [-0.2, -0.15) is 0 Å². The number of carbonyl (C=O) groups excluding carboxylic acids is 1. The van der Waals surface area contributed by atoms with Gasteiger partial charge in [0.1, 0.15) is 0 Å². The Morgan fingerprint density at radius 3 is 2.82 bits per heavy atom. The minimum Gasteiger partial charge on any atom is -0.398 e. The number of aromatic nitrogens is 1. The van der Waals surface area contributed by atoms with E-state index in [4.69, 9.17) is 10.7 Å². The number of aryl methyl sites for hydroxylation is 2. The fourth-order valence-corrected chi connectivity index (χ4v) is 3.55. The van der Waals surface area contributed by atoms with Gasteiger partial charge in [0.05, 0.1) is 22.7 Å². The molecule has 0 unspecified atom stereocenters. The Bertz CT molecular complexity index is 979. The van der Waals surface area contributed by atoms with E-state index in [0.717, 1.165) is 41.9 Å². The maximum atomic E-state index is 12.1. The summed E-state index contributed by atoms with van der Waals surface area (Å²) < 4.78 is 0. The Kier molecular flexibility index (Phi) is 5.83. The van der Waals surface area contributed by atoms with Gasteiger partial charge >= 0.3 is 0 Å². The van der Waals surface area contributed by atoms with Crippen LogP contribution in [0.2, 0.25) is 0 Å². The largest absolute Gasteiger partial charge is 0.398 e. The van der Waals surface area contributed by atoms with Gasteiger partial charge in [0.15, 0.2) is 0 Å². The van der Waals surface area contributed by atoms with E-state index in [0.29, 0.717) is 23.5 Å². The topological polar surface area (TPSA) is 83.3 Å². The number of nitrogens with one attached hydrogen (secondary N) is 2. The summed E-state index contributed by atoms with van der Waals surface area (Å²) in [7, 11) is 0. The molecule has 1 aliphatic rings. The molecule has 3 rings (SSSR count). The molecule has 2 heterocycles. The highest BCUT2D eigenvalue weighted by Gasteiger charge is 2.20. The number of amides is 1. The molecule has 0 atom stereocenters. The first kappa shape index (κ1) is 19.7. The molecule has 1 aromatic heterocycles. The number of aliphatic imine (C=N–C) groups is 1. The van der Waals surface area contributed by atoms with Gasteiger partial charge in [-0.25, -0.2) is 4.99 Å². The van der Waals surface area contributed by atoms with Crippen molar-refractivity contribution < 1.29 is 4.79 Å². The quantitative estimate of drug-likeness (QED) is 0.522. The Hall–Kier alpha value is -3.08. The lowest BCUT2D eigenvalue weighted by Gasteiger charge is -2.12. The third-order valence-corrected chi connectivity index (χ3v) is 5.00. The van der Waals surface area contributed by atoms with Gasteiger partial charge in [-0.15, -0.1) is 0 Å². The van der Waals surface area contributed by atoms with Crippen LogP contribution in [-0.4, -0.2) is 23.1 Å². The van der Waals surface area contributed by atoms with Crippen LogP contribution in [0.1, 0.15) is 58.7 Å². The standard InChI is InChI=1S/C23H28N4O/c1-5-7-16-12-17(19(24)11-14(16)3)15(4)26-21(8-6-2)22-13-18-20(27-22)9-10-25-23(18)28/h6,8,11-13,27H,4-5,7,9-10,24H2,1-3H3,(H,25,28)/b8-6-,26-21?. The van der Waals surface area contributed by atoms with Crippen LogP contribution < -0.4 is 11.1 Å². The second-order valence-corrected chi connectivity index (χ2v) is 7.14. The van der Waals surface area contributed by atoms with Crippen molar-refractivity contribution in [1.29, 1.82) is 0 Å².